The minimum Gasteiger partial charge on any atom is -0.350 e. The zero-order valence-corrected chi connectivity index (χ0v) is 16.1. The molecule has 0 spiro atoms. The molecule has 6 heteroatoms. The number of rotatable bonds is 5. The van der Waals surface area contributed by atoms with Crippen molar-refractivity contribution in [3.63, 3.8) is 0 Å². The van der Waals surface area contributed by atoms with Gasteiger partial charge in [-0.3, -0.25) is 4.79 Å². The summed E-state index contributed by atoms with van der Waals surface area (Å²) in [6, 6.07) is 6.98. The summed E-state index contributed by atoms with van der Waals surface area (Å²) in [6.45, 7) is 9.78. The van der Waals surface area contributed by atoms with Crippen molar-refractivity contribution in [2.45, 2.75) is 46.2 Å². The van der Waals surface area contributed by atoms with Gasteiger partial charge in [0.15, 0.2) is 0 Å². The van der Waals surface area contributed by atoms with Gasteiger partial charge in [-0.2, -0.15) is 0 Å². The molecule has 0 radical (unpaired) electrons. The first-order valence-electron chi connectivity index (χ1n) is 8.07. The maximum atomic E-state index is 12.4. The normalized spacial score (nSPS) is 12.7. The van der Waals surface area contributed by atoms with E-state index in [1.807, 2.05) is 46.8 Å². The molecule has 1 rings (SSSR count). The maximum Gasteiger partial charge on any atom is 0.318 e. The van der Waals surface area contributed by atoms with Crippen molar-refractivity contribution in [2.24, 2.45) is 5.92 Å². The van der Waals surface area contributed by atoms with Gasteiger partial charge in [-0.05, 0) is 44.4 Å². The van der Waals surface area contributed by atoms with Gasteiger partial charge < -0.3 is 15.5 Å². The Morgan fingerprint density at radius 1 is 1.17 bits per heavy atom. The molecule has 1 atom stereocenters. The van der Waals surface area contributed by atoms with E-state index in [2.05, 4.69) is 10.6 Å². The molecule has 3 amide bonds. The zero-order chi connectivity index (χ0) is 18.5. The molecule has 0 aliphatic carbocycles. The van der Waals surface area contributed by atoms with Crippen LogP contribution in [0.1, 0.15) is 46.2 Å². The van der Waals surface area contributed by atoms with Gasteiger partial charge in [-0.1, -0.05) is 37.6 Å². The Kier molecular flexibility index (Phi) is 7.08. The fraction of sp³-hybridized carbons (Fsp3) is 0.556. The molecular weight excluding hydrogens is 326 g/mol. The van der Waals surface area contributed by atoms with Gasteiger partial charge in [0.1, 0.15) is 6.54 Å². The van der Waals surface area contributed by atoms with Crippen LogP contribution in [-0.4, -0.2) is 36.0 Å². The Labute approximate surface area is 149 Å². The molecule has 0 saturated heterocycles. The molecule has 0 aliphatic heterocycles. The van der Waals surface area contributed by atoms with Crippen LogP contribution in [0.25, 0.3) is 0 Å². The van der Waals surface area contributed by atoms with Gasteiger partial charge in [0.05, 0.1) is 6.04 Å². The topological polar surface area (TPSA) is 61.4 Å². The van der Waals surface area contributed by atoms with E-state index >= 15 is 0 Å². The van der Waals surface area contributed by atoms with E-state index in [0.717, 1.165) is 5.56 Å². The smallest absolute Gasteiger partial charge is 0.318 e. The summed E-state index contributed by atoms with van der Waals surface area (Å²) in [5.74, 6) is 0.0136. The third-order valence-electron chi connectivity index (χ3n) is 3.42. The molecule has 0 fully saturated rings. The van der Waals surface area contributed by atoms with Crippen molar-refractivity contribution in [3.05, 3.63) is 34.9 Å². The molecule has 0 aliphatic rings. The van der Waals surface area contributed by atoms with Gasteiger partial charge in [-0.25, -0.2) is 4.79 Å². The van der Waals surface area contributed by atoms with Crippen molar-refractivity contribution in [1.29, 1.82) is 0 Å². The van der Waals surface area contributed by atoms with Crippen LogP contribution >= 0.6 is 11.6 Å². The van der Waals surface area contributed by atoms with Gasteiger partial charge in [-0.15, -0.1) is 0 Å². The van der Waals surface area contributed by atoms with Gasteiger partial charge in [0.2, 0.25) is 5.91 Å². The molecule has 0 aromatic heterocycles. The number of halogens is 1. The average Bonchev–Trinajstić information content (AvgIpc) is 2.43. The van der Waals surface area contributed by atoms with Crippen LogP contribution in [0.4, 0.5) is 4.79 Å². The highest BCUT2D eigenvalue weighted by Crippen LogP contribution is 2.23. The fourth-order valence-electron chi connectivity index (χ4n) is 2.29. The summed E-state index contributed by atoms with van der Waals surface area (Å²) in [4.78, 5) is 25.7. The van der Waals surface area contributed by atoms with E-state index in [4.69, 9.17) is 11.6 Å². The third-order valence-corrected chi connectivity index (χ3v) is 3.67. The largest absolute Gasteiger partial charge is 0.350 e. The van der Waals surface area contributed by atoms with Crippen molar-refractivity contribution < 1.29 is 9.59 Å². The molecule has 24 heavy (non-hydrogen) atoms. The van der Waals surface area contributed by atoms with Crippen LogP contribution in [0.2, 0.25) is 5.02 Å². The summed E-state index contributed by atoms with van der Waals surface area (Å²) < 4.78 is 0. The highest BCUT2D eigenvalue weighted by atomic mass is 35.5. The standard InChI is InChI=1S/C18H28ClN3O2/c1-12(2)16(13-7-9-14(19)10-8-13)20-17(24)22(6)11-15(23)21-18(3,4)5/h7-10,12,16H,11H2,1-6H3,(H,20,24)(H,21,23). The number of urea groups is 1. The minimum absolute atomic E-state index is 0.00847. The number of hydrogen-bond donors (Lipinski definition) is 2. The Balaban J connectivity index is 2.71. The number of benzene rings is 1. The Hall–Kier alpha value is -1.75. The minimum atomic E-state index is -0.321. The van der Waals surface area contributed by atoms with Gasteiger partial charge in [0, 0.05) is 17.6 Å². The van der Waals surface area contributed by atoms with Crippen LogP contribution in [0, 0.1) is 5.92 Å². The first kappa shape index (κ1) is 20.3. The second-order valence-corrected chi connectivity index (χ2v) is 7.81. The molecule has 0 saturated carbocycles. The number of carbonyl (C=O) groups is 2. The van der Waals surface area contributed by atoms with Gasteiger partial charge >= 0.3 is 6.03 Å². The number of nitrogens with zero attached hydrogens (tertiary/aromatic N) is 1. The molecule has 0 heterocycles. The van der Waals surface area contributed by atoms with Crippen molar-refractivity contribution >= 4 is 23.5 Å². The Morgan fingerprint density at radius 2 is 1.71 bits per heavy atom. The quantitative estimate of drug-likeness (QED) is 0.849. The average molecular weight is 354 g/mol. The number of amides is 3. The fourth-order valence-corrected chi connectivity index (χ4v) is 2.42. The molecule has 1 unspecified atom stereocenters. The van der Waals surface area contributed by atoms with E-state index in [1.54, 1.807) is 19.2 Å². The molecule has 5 nitrogen and oxygen atoms in total. The zero-order valence-electron chi connectivity index (χ0n) is 15.3. The summed E-state index contributed by atoms with van der Waals surface area (Å²) in [5.41, 5.74) is 0.660. The SMILES string of the molecule is CC(C)C(NC(=O)N(C)CC(=O)NC(C)(C)C)c1ccc(Cl)cc1. The predicted molar refractivity (Wildman–Crippen MR) is 98.1 cm³/mol. The van der Waals surface area contributed by atoms with Crippen molar-refractivity contribution in [1.82, 2.24) is 15.5 Å². The van der Waals surface area contributed by atoms with E-state index in [0.29, 0.717) is 5.02 Å². The van der Waals surface area contributed by atoms with Crippen molar-refractivity contribution in [2.75, 3.05) is 13.6 Å². The first-order chi connectivity index (χ1) is 11.0. The van der Waals surface area contributed by atoms with Crippen molar-refractivity contribution in [3.8, 4) is 0 Å². The van der Waals surface area contributed by atoms with E-state index in [9.17, 15) is 9.59 Å². The monoisotopic (exact) mass is 353 g/mol. The maximum absolute atomic E-state index is 12.4. The molecule has 1 aromatic carbocycles. The molecule has 1 aromatic rings. The Bertz CT molecular complexity index is 565. The van der Waals surface area contributed by atoms with Crippen LogP contribution in [-0.2, 0) is 4.79 Å². The second-order valence-electron chi connectivity index (χ2n) is 7.38. The summed E-state index contributed by atoms with van der Waals surface area (Å²) in [7, 11) is 1.61. The molecular formula is C18H28ClN3O2. The lowest BCUT2D eigenvalue weighted by Crippen LogP contribution is -2.49. The lowest BCUT2D eigenvalue weighted by Gasteiger charge is -2.27. The summed E-state index contributed by atoms with van der Waals surface area (Å²) >= 11 is 5.92. The van der Waals surface area contributed by atoms with E-state index < -0.39 is 0 Å². The van der Waals surface area contributed by atoms with Crippen LogP contribution in [0.15, 0.2) is 24.3 Å². The number of carbonyl (C=O) groups excluding carboxylic acids is 2. The van der Waals surface area contributed by atoms with Crippen LogP contribution in [0.5, 0.6) is 0 Å². The molecule has 134 valence electrons. The van der Waals surface area contributed by atoms with Crippen LogP contribution in [0.3, 0.4) is 0 Å². The van der Waals surface area contributed by atoms with E-state index in [-0.39, 0.29) is 36.0 Å². The summed E-state index contributed by atoms with van der Waals surface area (Å²) in [6.07, 6.45) is 0. The van der Waals surface area contributed by atoms with Crippen LogP contribution < -0.4 is 10.6 Å². The molecule has 0 bridgehead atoms. The lowest BCUT2D eigenvalue weighted by atomic mass is 9.96. The number of hydrogen-bond acceptors (Lipinski definition) is 2. The van der Waals surface area contributed by atoms with Gasteiger partial charge in [0.25, 0.3) is 0 Å². The highest BCUT2D eigenvalue weighted by Gasteiger charge is 2.22. The van der Waals surface area contributed by atoms with E-state index in [1.165, 1.54) is 4.90 Å². The summed E-state index contributed by atoms with van der Waals surface area (Å²) in [5, 5.41) is 6.48. The highest BCUT2D eigenvalue weighted by molar-refractivity contribution is 6.30. The predicted octanol–water partition coefficient (Wildman–Crippen LogP) is 3.59. The number of likely N-dealkylation sites (N-methyl/N-ethyl adjacent to an activating group) is 1. The number of nitrogens with one attached hydrogen (secondary N) is 2. The lowest BCUT2D eigenvalue weighted by molar-refractivity contribution is -0.122. The Morgan fingerprint density at radius 3 is 2.17 bits per heavy atom. The molecule has 2 N–H and O–H groups in total. The first-order valence-corrected chi connectivity index (χ1v) is 8.45. The third kappa shape index (κ3) is 6.79. The second kappa shape index (κ2) is 8.38.